The predicted octanol–water partition coefficient (Wildman–Crippen LogP) is 4.09. The number of halogens is 2. The normalized spacial score (nSPS) is 29.6. The van der Waals surface area contributed by atoms with E-state index >= 15 is 4.39 Å². The van der Waals surface area contributed by atoms with Crippen LogP contribution in [0.4, 0.5) is 10.1 Å². The molecule has 1 aliphatic carbocycles. The van der Waals surface area contributed by atoms with Gasteiger partial charge in [0.25, 0.3) is 0 Å². The lowest BCUT2D eigenvalue weighted by Crippen LogP contribution is -2.46. The van der Waals surface area contributed by atoms with Gasteiger partial charge >= 0.3 is 0 Å². The van der Waals surface area contributed by atoms with Gasteiger partial charge in [0.15, 0.2) is 0 Å². The highest BCUT2D eigenvalue weighted by molar-refractivity contribution is 6.00. The second-order valence-electron chi connectivity index (χ2n) is 9.34. The summed E-state index contributed by atoms with van der Waals surface area (Å²) in [5.74, 6) is 0.378. The largest absolute Gasteiger partial charge is 0.317 e. The molecule has 0 aromatic heterocycles. The van der Waals surface area contributed by atoms with Crippen molar-refractivity contribution in [3.05, 3.63) is 29.6 Å². The van der Waals surface area contributed by atoms with E-state index in [1.165, 1.54) is 32.4 Å². The van der Waals surface area contributed by atoms with Crippen LogP contribution in [0.1, 0.15) is 62.8 Å². The third kappa shape index (κ3) is 3.82. The van der Waals surface area contributed by atoms with E-state index in [0.29, 0.717) is 18.2 Å². The Balaban J connectivity index is 0.00000205. The van der Waals surface area contributed by atoms with E-state index in [2.05, 4.69) is 16.3 Å². The first-order chi connectivity index (χ1) is 13.7. The van der Waals surface area contributed by atoms with E-state index in [0.717, 1.165) is 56.8 Å². The zero-order chi connectivity index (χ0) is 19.1. The minimum absolute atomic E-state index is 0. The Kier molecular flexibility index (Phi) is 6.19. The van der Waals surface area contributed by atoms with Crippen LogP contribution in [0.5, 0.6) is 0 Å². The molecular formula is C23H33ClFN3O. The number of piperidine rings is 1. The van der Waals surface area contributed by atoms with Crippen LogP contribution in [0, 0.1) is 11.2 Å². The second-order valence-corrected chi connectivity index (χ2v) is 9.34. The summed E-state index contributed by atoms with van der Waals surface area (Å²) in [6.45, 7) is 4.96. The van der Waals surface area contributed by atoms with Crippen molar-refractivity contribution in [1.82, 2.24) is 10.2 Å². The number of amides is 1. The summed E-state index contributed by atoms with van der Waals surface area (Å²) in [6.07, 6.45) is 8.72. The second kappa shape index (κ2) is 8.52. The van der Waals surface area contributed by atoms with Gasteiger partial charge in [0.1, 0.15) is 5.82 Å². The lowest BCUT2D eigenvalue weighted by molar-refractivity contribution is -0.126. The fourth-order valence-corrected chi connectivity index (χ4v) is 5.90. The molecule has 5 rings (SSSR count). The Labute approximate surface area is 179 Å². The molecule has 3 saturated heterocycles. The van der Waals surface area contributed by atoms with Crippen molar-refractivity contribution in [2.75, 3.05) is 37.6 Å². The summed E-state index contributed by atoms with van der Waals surface area (Å²) >= 11 is 0. The van der Waals surface area contributed by atoms with E-state index in [1.54, 1.807) is 11.0 Å². The molecule has 0 unspecified atom stereocenters. The fourth-order valence-electron chi connectivity index (χ4n) is 5.90. The van der Waals surface area contributed by atoms with Crippen molar-refractivity contribution in [3.63, 3.8) is 0 Å². The van der Waals surface area contributed by atoms with Crippen LogP contribution in [-0.4, -0.2) is 49.6 Å². The molecule has 0 atom stereocenters. The van der Waals surface area contributed by atoms with Crippen molar-refractivity contribution in [3.8, 4) is 0 Å². The monoisotopic (exact) mass is 421 g/mol. The number of carbonyl (C=O) groups excluding carboxylic acids is 1. The molecule has 4 aliphatic rings. The van der Waals surface area contributed by atoms with Gasteiger partial charge in [0.2, 0.25) is 5.91 Å². The molecule has 1 aromatic carbocycles. The van der Waals surface area contributed by atoms with Gasteiger partial charge in [-0.1, -0.05) is 6.07 Å². The Morgan fingerprint density at radius 1 is 1.00 bits per heavy atom. The first kappa shape index (κ1) is 21.1. The Bertz CT molecular complexity index is 740. The Morgan fingerprint density at radius 3 is 2.34 bits per heavy atom. The van der Waals surface area contributed by atoms with Crippen LogP contribution in [0.3, 0.4) is 0 Å². The van der Waals surface area contributed by atoms with Gasteiger partial charge < -0.3 is 15.1 Å². The van der Waals surface area contributed by atoms with Crippen LogP contribution >= 0.6 is 12.4 Å². The van der Waals surface area contributed by atoms with Crippen molar-refractivity contribution in [2.24, 2.45) is 5.41 Å². The minimum atomic E-state index is -0.258. The third-order valence-corrected chi connectivity index (χ3v) is 7.91. The number of carbonyl (C=O) groups is 1. The molecule has 6 heteroatoms. The van der Waals surface area contributed by atoms with Crippen LogP contribution in [-0.2, 0) is 4.79 Å². The number of nitrogens with zero attached hydrogens (tertiary/aromatic N) is 2. The lowest BCUT2D eigenvalue weighted by atomic mass is 9.77. The molecule has 0 bridgehead atoms. The molecule has 1 saturated carbocycles. The molecule has 1 N–H and O–H groups in total. The van der Waals surface area contributed by atoms with Crippen molar-refractivity contribution >= 4 is 24.0 Å². The number of hydrogen-bond donors (Lipinski definition) is 1. The Hall–Kier alpha value is -1.17. The highest BCUT2D eigenvalue weighted by atomic mass is 35.5. The molecule has 4 nitrogen and oxygen atoms in total. The van der Waals surface area contributed by atoms with Gasteiger partial charge in [0, 0.05) is 12.6 Å². The van der Waals surface area contributed by atoms with E-state index in [9.17, 15) is 4.79 Å². The van der Waals surface area contributed by atoms with E-state index < -0.39 is 0 Å². The summed E-state index contributed by atoms with van der Waals surface area (Å²) < 4.78 is 15.0. The number of rotatable bonds is 3. The van der Waals surface area contributed by atoms with E-state index in [1.807, 2.05) is 6.07 Å². The fraction of sp³-hybridized carbons (Fsp3) is 0.696. The maximum atomic E-state index is 15.0. The van der Waals surface area contributed by atoms with Crippen LogP contribution in [0.25, 0.3) is 0 Å². The zero-order valence-corrected chi connectivity index (χ0v) is 18.0. The minimum Gasteiger partial charge on any atom is -0.317 e. The number of likely N-dealkylation sites (tertiary alicyclic amines) is 1. The maximum absolute atomic E-state index is 15.0. The number of benzene rings is 1. The SMILES string of the molecule is Cl.O=C1N(c2ccc(C3CCC(N4CCC4)CC3)cc2F)CCC12CCNCC2. The van der Waals surface area contributed by atoms with Crippen molar-refractivity contribution < 1.29 is 9.18 Å². The maximum Gasteiger partial charge on any atom is 0.233 e. The smallest absolute Gasteiger partial charge is 0.233 e. The van der Waals surface area contributed by atoms with Gasteiger partial charge in [-0.25, -0.2) is 4.39 Å². The molecule has 1 spiro atoms. The topological polar surface area (TPSA) is 35.6 Å². The molecule has 160 valence electrons. The molecule has 3 heterocycles. The lowest BCUT2D eigenvalue weighted by Gasteiger charge is -2.42. The average molecular weight is 422 g/mol. The van der Waals surface area contributed by atoms with Gasteiger partial charge in [0.05, 0.1) is 11.1 Å². The van der Waals surface area contributed by atoms with Crippen LogP contribution < -0.4 is 10.2 Å². The van der Waals surface area contributed by atoms with Crippen molar-refractivity contribution in [2.45, 2.75) is 63.3 Å². The number of hydrogen-bond acceptors (Lipinski definition) is 3. The summed E-state index contributed by atoms with van der Waals surface area (Å²) in [7, 11) is 0. The summed E-state index contributed by atoms with van der Waals surface area (Å²) in [6, 6.07) is 6.40. The summed E-state index contributed by atoms with van der Waals surface area (Å²) in [4.78, 5) is 17.4. The quantitative estimate of drug-likeness (QED) is 0.798. The van der Waals surface area contributed by atoms with E-state index in [-0.39, 0.29) is 29.5 Å². The van der Waals surface area contributed by atoms with Crippen molar-refractivity contribution in [1.29, 1.82) is 0 Å². The summed E-state index contributed by atoms with van der Waals surface area (Å²) in [5.41, 5.74) is 1.34. The molecule has 0 radical (unpaired) electrons. The molecule has 29 heavy (non-hydrogen) atoms. The predicted molar refractivity (Wildman–Crippen MR) is 116 cm³/mol. The molecular weight excluding hydrogens is 389 g/mol. The zero-order valence-electron chi connectivity index (χ0n) is 17.2. The molecule has 1 aromatic rings. The standard InChI is InChI=1S/C23H32FN3O.ClH/c24-20-16-18(17-2-5-19(6-3-17)26-13-1-14-26)4-7-21(20)27-15-10-23(22(27)28)8-11-25-12-9-23;/h4,7,16-17,19,25H,1-3,5-6,8-15H2;1H. The van der Waals surface area contributed by atoms with Gasteiger partial charge in [-0.15, -0.1) is 12.4 Å². The molecule has 3 aliphatic heterocycles. The number of nitrogens with one attached hydrogen (secondary N) is 1. The van der Waals surface area contributed by atoms with Gasteiger partial charge in [-0.3, -0.25) is 4.79 Å². The first-order valence-corrected chi connectivity index (χ1v) is 11.2. The van der Waals surface area contributed by atoms with Gasteiger partial charge in [-0.2, -0.15) is 0 Å². The van der Waals surface area contributed by atoms with E-state index in [4.69, 9.17) is 0 Å². The van der Waals surface area contributed by atoms with Gasteiger partial charge in [-0.05, 0) is 101 Å². The average Bonchev–Trinajstić information content (AvgIpc) is 2.98. The highest BCUT2D eigenvalue weighted by Gasteiger charge is 2.47. The highest BCUT2D eigenvalue weighted by Crippen LogP contribution is 2.43. The first-order valence-electron chi connectivity index (χ1n) is 11.2. The van der Waals surface area contributed by atoms with Crippen LogP contribution in [0.15, 0.2) is 18.2 Å². The number of anilines is 1. The molecule has 1 amide bonds. The summed E-state index contributed by atoms with van der Waals surface area (Å²) in [5, 5.41) is 3.34. The van der Waals surface area contributed by atoms with Crippen LogP contribution in [0.2, 0.25) is 0 Å². The Morgan fingerprint density at radius 2 is 1.72 bits per heavy atom. The third-order valence-electron chi connectivity index (χ3n) is 7.91. The molecule has 4 fully saturated rings.